The van der Waals surface area contributed by atoms with Crippen molar-refractivity contribution in [1.82, 2.24) is 0 Å². The van der Waals surface area contributed by atoms with E-state index in [9.17, 15) is 9.65 Å². The zero-order chi connectivity index (χ0) is 13.8. The molecule has 0 N–H and O–H groups in total. The van der Waals surface area contributed by atoms with Gasteiger partial charge in [-0.2, -0.15) is 5.26 Å². The van der Waals surface area contributed by atoms with Crippen LogP contribution in [0.15, 0.2) is 42.5 Å². The Kier molecular flexibility index (Phi) is 4.42. The Morgan fingerprint density at radius 1 is 1.05 bits per heavy atom. The van der Waals surface area contributed by atoms with Crippen LogP contribution < -0.4 is 0 Å². The lowest BCUT2D eigenvalue weighted by molar-refractivity contribution is 0.604. The molecule has 0 aliphatic rings. The third-order valence-corrected chi connectivity index (χ3v) is 3.55. The Bertz CT molecular complexity index is 614. The Labute approximate surface area is 121 Å². The molecular formula is C15H10Cl2FN. The smallest absolute Gasteiger partial charge is 0.126 e. The minimum Gasteiger partial charge on any atom is -0.207 e. The van der Waals surface area contributed by atoms with Crippen molar-refractivity contribution in [2.24, 2.45) is 0 Å². The number of benzene rings is 2. The molecule has 1 unspecified atom stereocenters. The Hall–Kier alpha value is -1.56. The molecule has 0 radical (unpaired) electrons. The van der Waals surface area contributed by atoms with Gasteiger partial charge in [-0.3, -0.25) is 0 Å². The summed E-state index contributed by atoms with van der Waals surface area (Å²) in [5.41, 5.74) is 1.03. The highest BCUT2D eigenvalue weighted by Crippen LogP contribution is 2.33. The van der Waals surface area contributed by atoms with Crippen molar-refractivity contribution in [3.63, 3.8) is 0 Å². The summed E-state index contributed by atoms with van der Waals surface area (Å²) < 4.78 is 13.6. The fraction of sp³-hybridized carbons (Fsp3) is 0.133. The molecule has 19 heavy (non-hydrogen) atoms. The van der Waals surface area contributed by atoms with Gasteiger partial charge in [0.05, 0.1) is 12.0 Å². The molecule has 0 amide bonds. The molecule has 1 nitrogen and oxygen atoms in total. The second-order valence-electron chi connectivity index (χ2n) is 4.11. The molecule has 0 saturated heterocycles. The minimum atomic E-state index is -0.571. The molecule has 0 heterocycles. The monoisotopic (exact) mass is 293 g/mol. The highest BCUT2D eigenvalue weighted by Gasteiger charge is 2.19. The lowest BCUT2D eigenvalue weighted by Crippen LogP contribution is -2.04. The first-order chi connectivity index (χ1) is 9.13. The summed E-state index contributed by atoms with van der Waals surface area (Å²) >= 11 is 12.2. The predicted molar refractivity (Wildman–Crippen MR) is 74.9 cm³/mol. The average molecular weight is 294 g/mol. The van der Waals surface area contributed by atoms with Crippen LogP contribution in [0.4, 0.5) is 4.39 Å². The highest BCUT2D eigenvalue weighted by molar-refractivity contribution is 6.36. The topological polar surface area (TPSA) is 23.8 Å². The highest BCUT2D eigenvalue weighted by atomic mass is 35.5. The molecule has 4 heteroatoms. The van der Waals surface area contributed by atoms with Crippen molar-refractivity contribution in [2.45, 2.75) is 12.3 Å². The number of hydrogen-bond acceptors (Lipinski definition) is 1. The van der Waals surface area contributed by atoms with E-state index in [1.165, 1.54) is 6.07 Å². The van der Waals surface area contributed by atoms with E-state index in [4.69, 9.17) is 23.2 Å². The number of nitrogens with zero attached hydrogens (tertiary/aromatic N) is 1. The van der Waals surface area contributed by atoms with Crippen molar-refractivity contribution in [1.29, 1.82) is 5.26 Å². The summed E-state index contributed by atoms with van der Waals surface area (Å²) in [4.78, 5) is 0. The Morgan fingerprint density at radius 3 is 2.26 bits per heavy atom. The van der Waals surface area contributed by atoms with E-state index in [0.29, 0.717) is 21.2 Å². The maximum Gasteiger partial charge on any atom is 0.126 e. The van der Waals surface area contributed by atoms with E-state index in [1.54, 1.807) is 36.4 Å². The zero-order valence-electron chi connectivity index (χ0n) is 9.91. The summed E-state index contributed by atoms with van der Waals surface area (Å²) in [6, 6.07) is 13.6. The van der Waals surface area contributed by atoms with Gasteiger partial charge in [-0.15, -0.1) is 0 Å². The van der Waals surface area contributed by atoms with Crippen molar-refractivity contribution >= 4 is 23.2 Å². The molecule has 2 aromatic rings. The molecule has 0 spiro atoms. The van der Waals surface area contributed by atoms with Crippen LogP contribution in [0.3, 0.4) is 0 Å². The van der Waals surface area contributed by atoms with E-state index in [-0.39, 0.29) is 12.2 Å². The fourth-order valence-electron chi connectivity index (χ4n) is 1.94. The first kappa shape index (κ1) is 13.9. The number of halogens is 3. The second-order valence-corrected chi connectivity index (χ2v) is 4.93. The quantitative estimate of drug-likeness (QED) is 0.783. The van der Waals surface area contributed by atoms with Crippen LogP contribution >= 0.6 is 23.2 Å². The largest absolute Gasteiger partial charge is 0.207 e. The SMILES string of the molecule is N#CC(Cc1ccccc1F)c1c(Cl)cccc1Cl. The summed E-state index contributed by atoms with van der Waals surface area (Å²) in [6.45, 7) is 0. The normalized spacial score (nSPS) is 11.9. The van der Waals surface area contributed by atoms with Crippen molar-refractivity contribution in [3.05, 3.63) is 69.5 Å². The van der Waals surface area contributed by atoms with Gasteiger partial charge in [-0.05, 0) is 30.2 Å². The lowest BCUT2D eigenvalue weighted by Gasteiger charge is -2.13. The minimum absolute atomic E-state index is 0.243. The van der Waals surface area contributed by atoms with Crippen LogP contribution in [0, 0.1) is 17.1 Å². The molecule has 0 aliphatic heterocycles. The molecule has 1 atom stereocenters. The van der Waals surface area contributed by atoms with E-state index in [1.807, 2.05) is 0 Å². The van der Waals surface area contributed by atoms with Crippen LogP contribution in [0.1, 0.15) is 17.0 Å². The van der Waals surface area contributed by atoms with Gasteiger partial charge >= 0.3 is 0 Å². The van der Waals surface area contributed by atoms with E-state index in [2.05, 4.69) is 6.07 Å². The standard InChI is InChI=1S/C15H10Cl2FN/c16-12-5-3-6-13(17)15(12)11(9-19)8-10-4-1-2-7-14(10)18/h1-7,11H,8H2. The van der Waals surface area contributed by atoms with E-state index in [0.717, 1.165) is 0 Å². The third-order valence-electron chi connectivity index (χ3n) is 2.89. The van der Waals surface area contributed by atoms with Gasteiger partial charge in [0.1, 0.15) is 5.82 Å². The molecule has 2 aromatic carbocycles. The van der Waals surface area contributed by atoms with Crippen molar-refractivity contribution in [2.75, 3.05) is 0 Å². The van der Waals surface area contributed by atoms with Crippen LogP contribution in [0.2, 0.25) is 10.0 Å². The van der Waals surface area contributed by atoms with Crippen molar-refractivity contribution in [3.8, 4) is 6.07 Å². The van der Waals surface area contributed by atoms with E-state index < -0.39 is 5.92 Å². The third kappa shape index (κ3) is 3.07. The maximum atomic E-state index is 13.6. The summed E-state index contributed by atoms with van der Waals surface area (Å²) in [7, 11) is 0. The van der Waals surface area contributed by atoms with Gasteiger partial charge in [0.25, 0.3) is 0 Å². The van der Waals surface area contributed by atoms with Crippen LogP contribution in [-0.2, 0) is 6.42 Å². The van der Waals surface area contributed by atoms with Gasteiger partial charge in [-0.1, -0.05) is 47.5 Å². The predicted octanol–water partition coefficient (Wildman–Crippen LogP) is 4.98. The molecule has 0 aliphatic carbocycles. The van der Waals surface area contributed by atoms with Gasteiger partial charge < -0.3 is 0 Å². The number of nitriles is 1. The van der Waals surface area contributed by atoms with Crippen molar-refractivity contribution < 1.29 is 4.39 Å². The van der Waals surface area contributed by atoms with Crippen LogP contribution in [0.5, 0.6) is 0 Å². The van der Waals surface area contributed by atoms with Crippen LogP contribution in [0.25, 0.3) is 0 Å². The van der Waals surface area contributed by atoms with Gasteiger partial charge in [0.15, 0.2) is 0 Å². The van der Waals surface area contributed by atoms with E-state index >= 15 is 0 Å². The molecular weight excluding hydrogens is 284 g/mol. The first-order valence-electron chi connectivity index (χ1n) is 5.70. The lowest BCUT2D eigenvalue weighted by atomic mass is 9.93. The molecule has 0 aromatic heterocycles. The van der Waals surface area contributed by atoms with Gasteiger partial charge in [0, 0.05) is 15.6 Å². The number of hydrogen-bond donors (Lipinski definition) is 0. The average Bonchev–Trinajstić information content (AvgIpc) is 2.39. The second kappa shape index (κ2) is 6.06. The van der Waals surface area contributed by atoms with Gasteiger partial charge in [0.2, 0.25) is 0 Å². The maximum absolute atomic E-state index is 13.6. The molecule has 0 saturated carbocycles. The molecule has 0 bridgehead atoms. The molecule has 0 fully saturated rings. The molecule has 96 valence electrons. The summed E-state index contributed by atoms with van der Waals surface area (Å²) in [6.07, 6.45) is 0.243. The Morgan fingerprint density at radius 2 is 1.68 bits per heavy atom. The first-order valence-corrected chi connectivity index (χ1v) is 6.46. The molecule has 2 rings (SSSR count). The van der Waals surface area contributed by atoms with Gasteiger partial charge in [-0.25, -0.2) is 4.39 Å². The van der Waals surface area contributed by atoms with Crippen LogP contribution in [-0.4, -0.2) is 0 Å². The summed E-state index contributed by atoms with van der Waals surface area (Å²) in [5, 5.41) is 10.1. The zero-order valence-corrected chi connectivity index (χ0v) is 11.4. The Balaban J connectivity index is 2.37. The summed E-state index contributed by atoms with van der Waals surface area (Å²) in [5.74, 6) is -0.899. The number of rotatable bonds is 3. The fourth-order valence-corrected chi connectivity index (χ4v) is 2.60.